The lowest BCUT2D eigenvalue weighted by atomic mass is 9.94. The number of sulfonamides is 1. The molecule has 0 fully saturated rings. The summed E-state index contributed by atoms with van der Waals surface area (Å²) >= 11 is 0. The first-order chi connectivity index (χ1) is 6.69. The highest BCUT2D eigenvalue weighted by atomic mass is 32.2. The van der Waals surface area contributed by atoms with Crippen LogP contribution in [0.1, 0.15) is 40.5 Å². The Morgan fingerprint density at radius 1 is 1.33 bits per heavy atom. The maximum Gasteiger partial charge on any atom is 0.253 e. The van der Waals surface area contributed by atoms with Crippen molar-refractivity contribution in [2.24, 2.45) is 5.73 Å². The molecule has 15 heavy (non-hydrogen) atoms. The smallest absolute Gasteiger partial charge is 0.253 e. The Morgan fingerprint density at radius 3 is 2.00 bits per heavy atom. The lowest BCUT2D eigenvalue weighted by Gasteiger charge is -2.25. The standard InChI is InChI=1S/C9H20N2O3S/c1-5-9(10,6-2)8(12)11-15(13,14)7(3)4/h7H,5-6,10H2,1-4H3,(H,11,12). The van der Waals surface area contributed by atoms with Crippen molar-refractivity contribution >= 4 is 15.9 Å². The molecule has 0 bridgehead atoms. The van der Waals surface area contributed by atoms with Crippen molar-refractivity contribution in [1.29, 1.82) is 0 Å². The Kier molecular flexibility index (Phi) is 4.73. The number of rotatable bonds is 5. The van der Waals surface area contributed by atoms with Gasteiger partial charge in [-0.25, -0.2) is 8.42 Å². The Labute approximate surface area is 91.5 Å². The number of carbonyl (C=O) groups excluding carboxylic acids is 1. The van der Waals surface area contributed by atoms with E-state index >= 15 is 0 Å². The van der Waals surface area contributed by atoms with Gasteiger partial charge < -0.3 is 5.73 Å². The van der Waals surface area contributed by atoms with Gasteiger partial charge in [0, 0.05) is 0 Å². The molecule has 0 aromatic carbocycles. The molecule has 0 unspecified atom stereocenters. The molecule has 3 N–H and O–H groups in total. The van der Waals surface area contributed by atoms with E-state index in [1.807, 2.05) is 4.72 Å². The van der Waals surface area contributed by atoms with Crippen molar-refractivity contribution in [3.05, 3.63) is 0 Å². The molecule has 6 heteroatoms. The molecule has 0 radical (unpaired) electrons. The molecule has 90 valence electrons. The van der Waals surface area contributed by atoms with E-state index in [0.29, 0.717) is 12.8 Å². The minimum absolute atomic E-state index is 0.406. The predicted octanol–water partition coefficient (Wildman–Crippen LogP) is 0.358. The summed E-state index contributed by atoms with van der Waals surface area (Å²) in [5.41, 5.74) is 4.68. The molecule has 0 spiro atoms. The molecule has 0 aliphatic heterocycles. The van der Waals surface area contributed by atoms with Crippen LogP contribution in [0.3, 0.4) is 0 Å². The van der Waals surface area contributed by atoms with E-state index in [1.165, 1.54) is 13.8 Å². The number of hydrogen-bond acceptors (Lipinski definition) is 4. The summed E-state index contributed by atoms with van der Waals surface area (Å²) < 4.78 is 24.9. The second kappa shape index (κ2) is 4.94. The molecule has 5 nitrogen and oxygen atoms in total. The Hall–Kier alpha value is -0.620. The third kappa shape index (κ3) is 3.46. The maximum absolute atomic E-state index is 11.6. The average molecular weight is 236 g/mol. The molecule has 0 aromatic rings. The fourth-order valence-corrected chi connectivity index (χ4v) is 1.62. The van der Waals surface area contributed by atoms with Gasteiger partial charge in [0.15, 0.2) is 0 Å². The molecule has 0 atom stereocenters. The predicted molar refractivity (Wildman–Crippen MR) is 59.7 cm³/mol. The fourth-order valence-electron chi connectivity index (χ4n) is 0.920. The summed E-state index contributed by atoms with van der Waals surface area (Å²) in [7, 11) is -3.58. The van der Waals surface area contributed by atoms with E-state index in [0.717, 1.165) is 0 Å². The topological polar surface area (TPSA) is 89.3 Å². The minimum atomic E-state index is -3.58. The molecule has 0 rings (SSSR count). The first-order valence-corrected chi connectivity index (χ1v) is 6.59. The van der Waals surface area contributed by atoms with Crippen LogP contribution in [-0.4, -0.2) is 25.1 Å². The first-order valence-electron chi connectivity index (χ1n) is 5.04. The fraction of sp³-hybridized carbons (Fsp3) is 0.889. The van der Waals surface area contributed by atoms with Crippen LogP contribution in [0.15, 0.2) is 0 Å². The number of carbonyl (C=O) groups is 1. The van der Waals surface area contributed by atoms with Crippen LogP contribution in [0.25, 0.3) is 0 Å². The van der Waals surface area contributed by atoms with Gasteiger partial charge in [-0.3, -0.25) is 9.52 Å². The van der Waals surface area contributed by atoms with Gasteiger partial charge >= 0.3 is 0 Å². The maximum atomic E-state index is 11.6. The summed E-state index contributed by atoms with van der Waals surface area (Å²) in [5.74, 6) is -0.624. The Morgan fingerprint density at radius 2 is 1.73 bits per heavy atom. The molecule has 0 saturated heterocycles. The van der Waals surface area contributed by atoms with E-state index in [9.17, 15) is 13.2 Å². The first kappa shape index (κ1) is 14.4. The highest BCUT2D eigenvalue weighted by Crippen LogP contribution is 2.12. The molecule has 0 aliphatic carbocycles. The van der Waals surface area contributed by atoms with Crippen molar-refractivity contribution in [3.63, 3.8) is 0 Å². The SMILES string of the molecule is CCC(N)(CC)C(=O)NS(=O)(=O)C(C)C. The van der Waals surface area contributed by atoms with Gasteiger partial charge in [-0.05, 0) is 26.7 Å². The van der Waals surface area contributed by atoms with E-state index in [-0.39, 0.29) is 0 Å². The number of amides is 1. The third-order valence-corrected chi connectivity index (χ3v) is 4.28. The molecule has 1 amide bonds. The van der Waals surface area contributed by atoms with E-state index < -0.39 is 26.7 Å². The van der Waals surface area contributed by atoms with Crippen LogP contribution in [0.5, 0.6) is 0 Å². The quantitative estimate of drug-likeness (QED) is 0.721. The average Bonchev–Trinajstić information content (AvgIpc) is 2.15. The van der Waals surface area contributed by atoms with Crippen molar-refractivity contribution in [1.82, 2.24) is 4.72 Å². The molecule has 0 aromatic heterocycles. The zero-order chi connectivity index (χ0) is 12.3. The van der Waals surface area contributed by atoms with Gasteiger partial charge in [0.25, 0.3) is 5.91 Å². The van der Waals surface area contributed by atoms with Gasteiger partial charge in [0.2, 0.25) is 10.0 Å². The van der Waals surface area contributed by atoms with Crippen molar-refractivity contribution < 1.29 is 13.2 Å². The van der Waals surface area contributed by atoms with Crippen LogP contribution in [-0.2, 0) is 14.8 Å². The van der Waals surface area contributed by atoms with Crippen molar-refractivity contribution in [2.75, 3.05) is 0 Å². The van der Waals surface area contributed by atoms with E-state index in [1.54, 1.807) is 13.8 Å². The Balaban J connectivity index is 4.78. The summed E-state index contributed by atoms with van der Waals surface area (Å²) in [6, 6.07) is 0. The second-order valence-corrected chi connectivity index (χ2v) is 6.13. The minimum Gasteiger partial charge on any atom is -0.317 e. The molecular weight excluding hydrogens is 216 g/mol. The zero-order valence-electron chi connectivity index (χ0n) is 9.70. The molecular formula is C9H20N2O3S. The van der Waals surface area contributed by atoms with Crippen LogP contribution in [0.4, 0.5) is 0 Å². The molecule has 0 aliphatic rings. The highest BCUT2D eigenvalue weighted by Gasteiger charge is 2.33. The van der Waals surface area contributed by atoms with Gasteiger partial charge in [0.05, 0.1) is 10.8 Å². The number of hydrogen-bond donors (Lipinski definition) is 2. The third-order valence-electron chi connectivity index (χ3n) is 2.57. The van der Waals surface area contributed by atoms with Gasteiger partial charge in [-0.1, -0.05) is 13.8 Å². The number of nitrogens with one attached hydrogen (secondary N) is 1. The van der Waals surface area contributed by atoms with E-state index in [2.05, 4.69) is 0 Å². The largest absolute Gasteiger partial charge is 0.317 e. The normalized spacial score (nSPS) is 12.9. The summed E-state index contributed by atoms with van der Waals surface area (Å²) in [6.07, 6.45) is 0.811. The van der Waals surface area contributed by atoms with Crippen LogP contribution >= 0.6 is 0 Å². The summed E-state index contributed by atoms with van der Waals surface area (Å²) in [4.78, 5) is 11.6. The van der Waals surface area contributed by atoms with E-state index in [4.69, 9.17) is 5.73 Å². The van der Waals surface area contributed by atoms with Crippen LogP contribution < -0.4 is 10.5 Å². The number of nitrogens with two attached hydrogens (primary N) is 1. The molecule has 0 saturated carbocycles. The zero-order valence-corrected chi connectivity index (χ0v) is 10.5. The molecule has 0 heterocycles. The van der Waals surface area contributed by atoms with Crippen LogP contribution in [0.2, 0.25) is 0 Å². The second-order valence-electron chi connectivity index (χ2n) is 3.89. The van der Waals surface area contributed by atoms with Gasteiger partial charge in [0.1, 0.15) is 0 Å². The highest BCUT2D eigenvalue weighted by molar-refractivity contribution is 7.90. The monoisotopic (exact) mass is 236 g/mol. The van der Waals surface area contributed by atoms with Crippen LogP contribution in [0, 0.1) is 0 Å². The summed E-state index contributed by atoms with van der Waals surface area (Å²) in [5, 5.41) is -0.639. The summed E-state index contributed by atoms with van der Waals surface area (Å²) in [6.45, 7) is 6.52. The van der Waals surface area contributed by atoms with Crippen molar-refractivity contribution in [2.45, 2.75) is 51.3 Å². The van der Waals surface area contributed by atoms with Crippen molar-refractivity contribution in [3.8, 4) is 0 Å². The van der Waals surface area contributed by atoms with Gasteiger partial charge in [-0.2, -0.15) is 0 Å². The van der Waals surface area contributed by atoms with Gasteiger partial charge in [-0.15, -0.1) is 0 Å². The lowest BCUT2D eigenvalue weighted by Crippen LogP contribution is -2.55. The lowest BCUT2D eigenvalue weighted by molar-refractivity contribution is -0.124. The Bertz CT molecular complexity index is 318.